The maximum atomic E-state index is 12.5. The lowest BCUT2D eigenvalue weighted by atomic mass is 10.1. The van der Waals surface area contributed by atoms with Crippen LogP contribution in [0, 0.1) is 17.4 Å². The number of aryl methyl sites for hydroxylation is 2. The molecular weight excluding hydrogens is 481 g/mol. The van der Waals surface area contributed by atoms with Gasteiger partial charge in [0.2, 0.25) is 3.79 Å². The van der Waals surface area contributed by atoms with Crippen LogP contribution in [0.2, 0.25) is 0 Å². The van der Waals surface area contributed by atoms with Crippen molar-refractivity contribution in [2.45, 2.75) is 23.8 Å². The van der Waals surface area contributed by atoms with Crippen LogP contribution in [-0.4, -0.2) is 15.9 Å². The van der Waals surface area contributed by atoms with Crippen molar-refractivity contribution in [3.8, 4) is 0 Å². The van der Waals surface area contributed by atoms with Gasteiger partial charge in [-0.25, -0.2) is 0 Å². The summed E-state index contributed by atoms with van der Waals surface area (Å²) in [5.41, 5.74) is 3.42. The van der Waals surface area contributed by atoms with E-state index in [-0.39, 0.29) is 5.91 Å². The lowest BCUT2D eigenvalue weighted by molar-refractivity contribution is 0.0941. The summed E-state index contributed by atoms with van der Waals surface area (Å²) >= 11 is 20.3. The quantitative estimate of drug-likeness (QED) is 0.335. The van der Waals surface area contributed by atoms with Gasteiger partial charge in [0.25, 0.3) is 5.91 Å². The van der Waals surface area contributed by atoms with Crippen LogP contribution < -0.4 is 10.6 Å². The molecule has 3 nitrogen and oxygen atoms in total. The number of rotatable bonds is 4. The van der Waals surface area contributed by atoms with E-state index >= 15 is 0 Å². The third-order valence-electron chi connectivity index (χ3n) is 3.37. The molecule has 0 saturated carbocycles. The molecule has 0 radical (unpaired) electrons. The number of carbonyl (C=O) groups excluding carboxylic acids is 1. The Kier molecular flexibility index (Phi) is 6.65. The number of amides is 1. The fraction of sp³-hybridized carbons (Fsp3) is 0.235. The first-order chi connectivity index (χ1) is 11.2. The summed E-state index contributed by atoms with van der Waals surface area (Å²) in [6.07, 6.45) is -0.880. The Hall–Kier alpha value is -0.690. The van der Waals surface area contributed by atoms with E-state index < -0.39 is 9.96 Å². The zero-order valence-electron chi connectivity index (χ0n) is 13.0. The first-order valence-corrected chi connectivity index (χ1v) is 9.35. The van der Waals surface area contributed by atoms with Crippen LogP contribution in [0.3, 0.4) is 0 Å². The van der Waals surface area contributed by atoms with E-state index in [0.717, 1.165) is 20.4 Å². The molecule has 0 aliphatic carbocycles. The van der Waals surface area contributed by atoms with Crippen LogP contribution in [0.4, 0.5) is 5.69 Å². The maximum Gasteiger partial charge on any atom is 0.253 e. The number of carbonyl (C=O) groups is 1. The molecule has 0 unspecified atom stereocenters. The topological polar surface area (TPSA) is 41.1 Å². The zero-order valence-corrected chi connectivity index (χ0v) is 17.5. The predicted molar refractivity (Wildman–Crippen MR) is 110 cm³/mol. The standard InChI is InChI=1S/C17H16Cl3IN2O/c1-10-6-7-14(11(2)8-10)22-16(17(18,19)20)23-15(24)12-4-3-5-13(21)9-12/h3-9,16,22H,1-2H3,(H,23,24)/t16-/m1/s1. The van der Waals surface area contributed by atoms with Crippen molar-refractivity contribution in [3.63, 3.8) is 0 Å². The fourth-order valence-corrected chi connectivity index (χ4v) is 3.05. The van der Waals surface area contributed by atoms with Crippen molar-refractivity contribution in [2.75, 3.05) is 5.32 Å². The van der Waals surface area contributed by atoms with Gasteiger partial charge in [0.15, 0.2) is 0 Å². The van der Waals surface area contributed by atoms with Gasteiger partial charge in [-0.2, -0.15) is 0 Å². The van der Waals surface area contributed by atoms with Gasteiger partial charge in [-0.05, 0) is 66.3 Å². The van der Waals surface area contributed by atoms with E-state index in [2.05, 4.69) is 33.2 Å². The lowest BCUT2D eigenvalue weighted by Gasteiger charge is -2.28. The monoisotopic (exact) mass is 496 g/mol. The second-order valence-corrected chi connectivity index (χ2v) is 9.04. The summed E-state index contributed by atoms with van der Waals surface area (Å²) in [6, 6.07) is 13.0. The molecule has 0 saturated heterocycles. The summed E-state index contributed by atoms with van der Waals surface area (Å²) < 4.78 is -0.761. The molecule has 0 bridgehead atoms. The van der Waals surface area contributed by atoms with E-state index in [1.807, 2.05) is 38.1 Å². The van der Waals surface area contributed by atoms with Crippen molar-refractivity contribution < 1.29 is 4.79 Å². The van der Waals surface area contributed by atoms with Crippen molar-refractivity contribution in [2.24, 2.45) is 0 Å². The molecule has 2 N–H and O–H groups in total. The molecule has 128 valence electrons. The van der Waals surface area contributed by atoms with Gasteiger partial charge in [-0.3, -0.25) is 4.79 Å². The number of anilines is 1. The van der Waals surface area contributed by atoms with E-state index in [1.54, 1.807) is 18.2 Å². The molecule has 0 aliphatic heterocycles. The van der Waals surface area contributed by atoms with Crippen LogP contribution in [0.25, 0.3) is 0 Å². The number of halogens is 4. The molecule has 0 aliphatic rings. The fourth-order valence-electron chi connectivity index (χ4n) is 2.17. The Labute approximate surface area is 170 Å². The average Bonchev–Trinajstić information content (AvgIpc) is 2.48. The minimum absolute atomic E-state index is 0.317. The second kappa shape index (κ2) is 8.13. The smallest absolute Gasteiger partial charge is 0.253 e. The van der Waals surface area contributed by atoms with E-state index in [1.165, 1.54) is 0 Å². The van der Waals surface area contributed by atoms with Crippen LogP contribution in [0.15, 0.2) is 42.5 Å². The van der Waals surface area contributed by atoms with Crippen LogP contribution in [0.5, 0.6) is 0 Å². The van der Waals surface area contributed by atoms with Gasteiger partial charge in [-0.15, -0.1) is 0 Å². The summed E-state index contributed by atoms with van der Waals surface area (Å²) in [5.74, 6) is -0.317. The number of benzene rings is 2. The van der Waals surface area contributed by atoms with Gasteiger partial charge in [-0.1, -0.05) is 58.6 Å². The number of nitrogens with one attached hydrogen (secondary N) is 2. The lowest BCUT2D eigenvalue weighted by Crippen LogP contribution is -2.49. The van der Waals surface area contributed by atoms with E-state index in [9.17, 15) is 4.79 Å². The predicted octanol–water partition coefficient (Wildman–Crippen LogP) is 5.45. The average molecular weight is 498 g/mol. The second-order valence-electron chi connectivity index (χ2n) is 5.42. The third kappa shape index (κ3) is 5.41. The van der Waals surface area contributed by atoms with Gasteiger partial charge in [0.05, 0.1) is 0 Å². The van der Waals surface area contributed by atoms with Crippen LogP contribution in [-0.2, 0) is 0 Å². The van der Waals surface area contributed by atoms with Crippen LogP contribution >= 0.6 is 57.4 Å². The summed E-state index contributed by atoms with van der Waals surface area (Å²) in [4.78, 5) is 12.5. The Morgan fingerprint density at radius 3 is 2.42 bits per heavy atom. The highest BCUT2D eigenvalue weighted by Crippen LogP contribution is 2.32. The zero-order chi connectivity index (χ0) is 17.9. The number of hydrogen-bond acceptors (Lipinski definition) is 2. The van der Waals surface area contributed by atoms with Crippen LogP contribution in [0.1, 0.15) is 21.5 Å². The van der Waals surface area contributed by atoms with Gasteiger partial charge >= 0.3 is 0 Å². The highest BCUT2D eigenvalue weighted by molar-refractivity contribution is 14.1. The van der Waals surface area contributed by atoms with Crippen molar-refractivity contribution in [1.29, 1.82) is 0 Å². The third-order valence-corrected chi connectivity index (χ3v) is 4.70. The van der Waals surface area contributed by atoms with E-state index in [4.69, 9.17) is 34.8 Å². The van der Waals surface area contributed by atoms with Crippen molar-refractivity contribution >= 4 is 69.0 Å². The van der Waals surface area contributed by atoms with Gasteiger partial charge in [0, 0.05) is 14.8 Å². The van der Waals surface area contributed by atoms with Crippen molar-refractivity contribution in [1.82, 2.24) is 5.32 Å². The minimum Gasteiger partial charge on any atom is -0.362 e. The highest BCUT2D eigenvalue weighted by Gasteiger charge is 2.34. The molecule has 2 aromatic carbocycles. The molecule has 0 fully saturated rings. The molecule has 2 rings (SSSR count). The molecule has 1 amide bonds. The first kappa shape index (κ1) is 19.6. The SMILES string of the molecule is Cc1ccc(N[C@H](NC(=O)c2cccc(I)c2)C(Cl)(Cl)Cl)c(C)c1. The summed E-state index contributed by atoms with van der Waals surface area (Å²) in [6.45, 7) is 3.95. The summed E-state index contributed by atoms with van der Waals surface area (Å²) in [5, 5.41) is 5.84. The minimum atomic E-state index is -1.71. The van der Waals surface area contributed by atoms with Gasteiger partial charge < -0.3 is 10.6 Å². The van der Waals surface area contributed by atoms with Gasteiger partial charge in [0.1, 0.15) is 6.17 Å². The maximum absolute atomic E-state index is 12.5. The first-order valence-electron chi connectivity index (χ1n) is 7.14. The Morgan fingerprint density at radius 2 is 1.83 bits per heavy atom. The van der Waals surface area contributed by atoms with E-state index in [0.29, 0.717) is 5.56 Å². The number of hydrogen-bond donors (Lipinski definition) is 2. The highest BCUT2D eigenvalue weighted by atomic mass is 127. The molecule has 0 spiro atoms. The normalized spacial score (nSPS) is 12.6. The Balaban J connectivity index is 2.21. The molecular formula is C17H16Cl3IN2O. The molecule has 24 heavy (non-hydrogen) atoms. The molecule has 0 aromatic heterocycles. The Morgan fingerprint density at radius 1 is 1.12 bits per heavy atom. The molecule has 7 heteroatoms. The summed E-state index contributed by atoms with van der Waals surface area (Å²) in [7, 11) is 0. The molecule has 2 aromatic rings. The number of alkyl halides is 3. The molecule has 0 heterocycles. The molecule has 1 atom stereocenters. The largest absolute Gasteiger partial charge is 0.362 e. The van der Waals surface area contributed by atoms with Crippen molar-refractivity contribution in [3.05, 3.63) is 62.7 Å². The Bertz CT molecular complexity index is 747.